The predicted octanol–water partition coefficient (Wildman–Crippen LogP) is 2.32. The molecule has 0 fully saturated rings. The van der Waals surface area contributed by atoms with Crippen LogP contribution >= 0.6 is 0 Å². The van der Waals surface area contributed by atoms with E-state index in [4.69, 9.17) is 4.74 Å². The van der Waals surface area contributed by atoms with Gasteiger partial charge in [-0.3, -0.25) is 0 Å². The zero-order chi connectivity index (χ0) is 20.5. The van der Waals surface area contributed by atoms with Crippen molar-refractivity contribution < 1.29 is 14.6 Å². The molecule has 1 rings (SSSR count). The Balaban J connectivity index is 2.58. The number of carbonyl (C=O) groups is 1. The van der Waals surface area contributed by atoms with Gasteiger partial charge in [-0.1, -0.05) is 30.3 Å². The Morgan fingerprint density at radius 2 is 1.81 bits per heavy atom. The van der Waals surface area contributed by atoms with Crippen molar-refractivity contribution >= 4 is 12.1 Å². The summed E-state index contributed by atoms with van der Waals surface area (Å²) in [6.45, 7) is 11.1. The number of benzene rings is 1. The highest BCUT2D eigenvalue weighted by molar-refractivity contribution is 5.79. The topological polar surface area (TPSA) is 86.2 Å². The van der Waals surface area contributed by atoms with Crippen LogP contribution in [0.2, 0.25) is 0 Å². The first kappa shape index (κ1) is 22.8. The molecule has 152 valence electrons. The molecule has 1 unspecified atom stereocenters. The number of ether oxygens (including phenoxy) is 1. The fourth-order valence-corrected chi connectivity index (χ4v) is 2.24. The monoisotopic (exact) mass is 378 g/mol. The van der Waals surface area contributed by atoms with Crippen LogP contribution in [-0.4, -0.2) is 60.9 Å². The van der Waals surface area contributed by atoms with Crippen molar-refractivity contribution in [3.8, 4) is 0 Å². The molecule has 3 N–H and O–H groups in total. The summed E-state index contributed by atoms with van der Waals surface area (Å²) in [4.78, 5) is 18.0. The minimum atomic E-state index is -1.06. The molecule has 7 heteroatoms. The van der Waals surface area contributed by atoms with E-state index >= 15 is 0 Å². The van der Waals surface area contributed by atoms with Crippen molar-refractivity contribution in [1.29, 1.82) is 0 Å². The second-order valence-corrected chi connectivity index (χ2v) is 7.66. The van der Waals surface area contributed by atoms with Crippen LogP contribution in [0.15, 0.2) is 35.3 Å². The van der Waals surface area contributed by atoms with Crippen LogP contribution in [0.3, 0.4) is 0 Å². The second-order valence-electron chi connectivity index (χ2n) is 7.66. The molecular formula is C20H34N4O3. The standard InChI is InChI=1S/C20H34N4O3/c1-7-21-17(22-13-14-24(6)18(25)27-19(2,3)4)23-15-20(5,26)16-11-9-8-10-12-16/h8-12,26H,7,13-15H2,1-6H3,(H2,21,22,23). The maximum atomic E-state index is 12.0. The lowest BCUT2D eigenvalue weighted by molar-refractivity contribution is 0.0302. The number of aliphatic hydroxyl groups is 1. The first-order valence-electron chi connectivity index (χ1n) is 9.29. The lowest BCUT2D eigenvalue weighted by Gasteiger charge is -2.25. The molecule has 1 amide bonds. The van der Waals surface area contributed by atoms with Crippen molar-refractivity contribution in [3.63, 3.8) is 0 Å². The van der Waals surface area contributed by atoms with Crippen LogP contribution in [0, 0.1) is 0 Å². The van der Waals surface area contributed by atoms with Gasteiger partial charge >= 0.3 is 6.09 Å². The first-order chi connectivity index (χ1) is 12.5. The molecule has 0 aromatic heterocycles. The van der Waals surface area contributed by atoms with Gasteiger partial charge in [-0.05, 0) is 40.2 Å². The summed E-state index contributed by atoms with van der Waals surface area (Å²) in [7, 11) is 1.69. The Bertz CT molecular complexity index is 609. The highest BCUT2D eigenvalue weighted by Crippen LogP contribution is 2.20. The normalized spacial score (nSPS) is 14.3. The van der Waals surface area contributed by atoms with Crippen molar-refractivity contribution in [1.82, 2.24) is 15.5 Å². The summed E-state index contributed by atoms with van der Waals surface area (Å²) >= 11 is 0. The van der Waals surface area contributed by atoms with Crippen LogP contribution in [0.4, 0.5) is 4.79 Å². The van der Waals surface area contributed by atoms with Gasteiger partial charge in [-0.2, -0.15) is 0 Å². The third-order valence-corrected chi connectivity index (χ3v) is 3.73. The van der Waals surface area contributed by atoms with Gasteiger partial charge in [0.05, 0.1) is 6.54 Å². The van der Waals surface area contributed by atoms with E-state index in [0.29, 0.717) is 25.6 Å². The van der Waals surface area contributed by atoms with E-state index in [2.05, 4.69) is 15.6 Å². The summed E-state index contributed by atoms with van der Waals surface area (Å²) in [6, 6.07) is 9.46. The number of aliphatic imine (C=N–C) groups is 1. The molecule has 1 aromatic carbocycles. The Kier molecular flexibility index (Phi) is 8.56. The van der Waals surface area contributed by atoms with E-state index in [9.17, 15) is 9.90 Å². The molecule has 1 atom stereocenters. The maximum Gasteiger partial charge on any atom is 0.410 e. The van der Waals surface area contributed by atoms with Gasteiger partial charge in [0.1, 0.15) is 11.2 Å². The first-order valence-corrected chi connectivity index (χ1v) is 9.29. The van der Waals surface area contributed by atoms with E-state index in [0.717, 1.165) is 5.56 Å². The number of likely N-dealkylation sites (N-methyl/N-ethyl adjacent to an activating group) is 1. The molecule has 0 saturated heterocycles. The van der Waals surface area contributed by atoms with E-state index in [-0.39, 0.29) is 12.6 Å². The number of hydrogen-bond donors (Lipinski definition) is 3. The lowest BCUT2D eigenvalue weighted by Crippen LogP contribution is -2.43. The summed E-state index contributed by atoms with van der Waals surface area (Å²) in [5, 5.41) is 17.0. The molecule has 0 aliphatic carbocycles. The van der Waals surface area contributed by atoms with E-state index in [1.807, 2.05) is 58.0 Å². The van der Waals surface area contributed by atoms with Crippen molar-refractivity contribution in [2.24, 2.45) is 4.99 Å². The molecule has 0 aliphatic rings. The van der Waals surface area contributed by atoms with Crippen LogP contribution in [0.5, 0.6) is 0 Å². The molecule has 0 saturated carbocycles. The van der Waals surface area contributed by atoms with Crippen molar-refractivity contribution in [3.05, 3.63) is 35.9 Å². The minimum Gasteiger partial charge on any atom is -0.444 e. The molecule has 0 aliphatic heterocycles. The molecule has 27 heavy (non-hydrogen) atoms. The average Bonchev–Trinajstić information content (AvgIpc) is 2.59. The molecule has 0 bridgehead atoms. The van der Waals surface area contributed by atoms with E-state index in [1.54, 1.807) is 14.0 Å². The second kappa shape index (κ2) is 10.2. The average molecular weight is 379 g/mol. The van der Waals surface area contributed by atoms with Gasteiger partial charge in [0, 0.05) is 26.7 Å². The molecular weight excluding hydrogens is 344 g/mol. The largest absolute Gasteiger partial charge is 0.444 e. The number of rotatable bonds is 7. The maximum absolute atomic E-state index is 12.0. The fraction of sp³-hybridized carbons (Fsp3) is 0.600. The summed E-state index contributed by atoms with van der Waals surface area (Å²) in [6.07, 6.45) is -0.363. The number of amides is 1. The van der Waals surface area contributed by atoms with Gasteiger partial charge in [0.25, 0.3) is 0 Å². The van der Waals surface area contributed by atoms with Gasteiger partial charge in [0.2, 0.25) is 0 Å². The fourth-order valence-electron chi connectivity index (χ4n) is 2.24. The Hall–Kier alpha value is -2.28. The minimum absolute atomic E-state index is 0.217. The van der Waals surface area contributed by atoms with Crippen molar-refractivity contribution in [2.45, 2.75) is 45.8 Å². The third-order valence-electron chi connectivity index (χ3n) is 3.73. The quantitative estimate of drug-likeness (QED) is 0.501. The van der Waals surface area contributed by atoms with Crippen LogP contribution in [0.1, 0.15) is 40.2 Å². The number of carbonyl (C=O) groups excluding carboxylic acids is 1. The summed E-state index contributed by atoms with van der Waals surface area (Å²) < 4.78 is 5.33. The van der Waals surface area contributed by atoms with Gasteiger partial charge in [0.15, 0.2) is 5.96 Å². The zero-order valence-corrected chi connectivity index (χ0v) is 17.4. The third kappa shape index (κ3) is 8.77. The highest BCUT2D eigenvalue weighted by atomic mass is 16.6. The number of hydrogen-bond acceptors (Lipinski definition) is 4. The molecule has 0 radical (unpaired) electrons. The van der Waals surface area contributed by atoms with Crippen LogP contribution in [-0.2, 0) is 10.3 Å². The summed E-state index contributed by atoms with van der Waals surface area (Å²) in [5.41, 5.74) is -0.760. The molecule has 1 aromatic rings. The Morgan fingerprint density at radius 1 is 1.19 bits per heavy atom. The van der Waals surface area contributed by atoms with Crippen LogP contribution in [0.25, 0.3) is 0 Å². The van der Waals surface area contributed by atoms with Gasteiger partial charge < -0.3 is 25.4 Å². The number of guanidine groups is 1. The number of nitrogens with one attached hydrogen (secondary N) is 2. The van der Waals surface area contributed by atoms with Gasteiger partial charge in [-0.15, -0.1) is 0 Å². The molecule has 7 nitrogen and oxygen atoms in total. The Morgan fingerprint density at radius 3 is 2.37 bits per heavy atom. The van der Waals surface area contributed by atoms with Crippen molar-refractivity contribution in [2.75, 3.05) is 33.2 Å². The lowest BCUT2D eigenvalue weighted by atomic mass is 9.96. The SMILES string of the molecule is CCNC(=NCC(C)(O)c1ccccc1)NCCN(C)C(=O)OC(C)(C)C. The Labute approximate surface area is 162 Å². The van der Waals surface area contributed by atoms with E-state index in [1.165, 1.54) is 4.90 Å². The van der Waals surface area contributed by atoms with E-state index < -0.39 is 11.2 Å². The van der Waals surface area contributed by atoms with Gasteiger partial charge in [-0.25, -0.2) is 9.79 Å². The number of nitrogens with zero attached hydrogens (tertiary/aromatic N) is 2. The molecule has 0 heterocycles. The van der Waals surface area contributed by atoms with Crippen LogP contribution < -0.4 is 10.6 Å². The predicted molar refractivity (Wildman–Crippen MR) is 109 cm³/mol. The smallest absolute Gasteiger partial charge is 0.410 e. The zero-order valence-electron chi connectivity index (χ0n) is 17.4. The highest BCUT2D eigenvalue weighted by Gasteiger charge is 2.22. The molecule has 0 spiro atoms. The summed E-state index contributed by atoms with van der Waals surface area (Å²) in [5.74, 6) is 0.589.